The molecule has 0 bridgehead atoms. The van der Waals surface area contributed by atoms with Crippen molar-refractivity contribution in [3.8, 4) is 11.5 Å². The minimum Gasteiger partial charge on any atom is -0.504 e. The van der Waals surface area contributed by atoms with Gasteiger partial charge in [-0.1, -0.05) is 24.3 Å². The van der Waals surface area contributed by atoms with E-state index in [2.05, 4.69) is 29.5 Å². The third kappa shape index (κ3) is 7.70. The highest BCUT2D eigenvalue weighted by Gasteiger charge is 2.20. The summed E-state index contributed by atoms with van der Waals surface area (Å²) < 4.78 is 5.05. The van der Waals surface area contributed by atoms with Gasteiger partial charge in [0.25, 0.3) is 5.91 Å². The van der Waals surface area contributed by atoms with Crippen molar-refractivity contribution >= 4 is 11.7 Å². The van der Waals surface area contributed by atoms with Crippen molar-refractivity contribution < 1.29 is 19.7 Å². The maximum Gasteiger partial charge on any atom is 0.251 e. The van der Waals surface area contributed by atoms with Gasteiger partial charge in [0.2, 0.25) is 0 Å². The normalized spacial score (nSPS) is 12.2. The van der Waals surface area contributed by atoms with E-state index in [4.69, 9.17) is 10.5 Å². The molecular weight excluding hydrogens is 444 g/mol. The molecule has 2 aromatic carbocycles. The van der Waals surface area contributed by atoms with Crippen molar-refractivity contribution in [2.75, 3.05) is 25.9 Å². The van der Waals surface area contributed by atoms with E-state index in [-0.39, 0.29) is 17.2 Å². The Hall–Kier alpha value is -3.62. The van der Waals surface area contributed by atoms with Crippen LogP contribution in [0.2, 0.25) is 0 Å². The van der Waals surface area contributed by atoms with Crippen molar-refractivity contribution in [2.24, 2.45) is 0 Å². The molecule has 3 rings (SSSR count). The van der Waals surface area contributed by atoms with E-state index in [0.717, 1.165) is 11.1 Å². The number of amides is 1. The zero-order chi connectivity index (χ0) is 25.4. The minimum absolute atomic E-state index is 0.0814. The van der Waals surface area contributed by atoms with Crippen LogP contribution in [0.4, 0.5) is 5.82 Å². The molecule has 6 N–H and O–H groups in total. The number of phenolic OH excluding ortho intramolecular Hbond substituents is 1. The third-order valence-electron chi connectivity index (χ3n) is 5.75. The maximum atomic E-state index is 12.7. The highest BCUT2D eigenvalue weighted by atomic mass is 16.5. The van der Waals surface area contributed by atoms with E-state index in [1.807, 2.05) is 24.3 Å². The molecule has 3 aromatic rings. The molecular formula is C27H34N4O4. The molecule has 1 atom stereocenters. The Kier molecular flexibility index (Phi) is 8.68. The van der Waals surface area contributed by atoms with Crippen LogP contribution < -0.4 is 21.1 Å². The Morgan fingerprint density at radius 3 is 2.63 bits per heavy atom. The summed E-state index contributed by atoms with van der Waals surface area (Å²) in [6.07, 6.45) is 2.14. The van der Waals surface area contributed by atoms with Gasteiger partial charge in [-0.05, 0) is 68.1 Å². The average Bonchev–Trinajstić information content (AvgIpc) is 2.83. The maximum absolute atomic E-state index is 12.7. The van der Waals surface area contributed by atoms with Crippen LogP contribution in [0.5, 0.6) is 11.5 Å². The standard InChI is InChI=1S/C27H34N4O4/c1-27(2,31-17-23(33)21-8-10-25(28)30-16-21)15-19-5-4-6-20(13-19)26(34)29-12-11-18-7-9-24(35-3)22(32)14-18/h4-10,13-14,16,23,31-33H,11-12,15,17H2,1-3H3,(H2,28,30)(H,29,34)/t23-/m0/s1. The van der Waals surface area contributed by atoms with Gasteiger partial charge in [-0.2, -0.15) is 0 Å². The van der Waals surface area contributed by atoms with Crippen LogP contribution in [0.1, 0.15) is 47.0 Å². The van der Waals surface area contributed by atoms with Gasteiger partial charge in [-0.15, -0.1) is 0 Å². The molecule has 0 saturated heterocycles. The topological polar surface area (TPSA) is 130 Å². The highest BCUT2D eigenvalue weighted by Crippen LogP contribution is 2.26. The van der Waals surface area contributed by atoms with Crippen LogP contribution in [-0.4, -0.2) is 46.8 Å². The number of benzene rings is 2. The quantitative estimate of drug-likeness (QED) is 0.286. The van der Waals surface area contributed by atoms with Crippen molar-refractivity contribution in [1.82, 2.24) is 15.6 Å². The van der Waals surface area contributed by atoms with E-state index in [0.29, 0.717) is 48.6 Å². The number of carbonyl (C=O) groups excluding carboxylic acids is 1. The number of aromatic nitrogens is 1. The molecule has 0 unspecified atom stereocenters. The largest absolute Gasteiger partial charge is 0.504 e. The number of hydrogen-bond acceptors (Lipinski definition) is 7. The van der Waals surface area contributed by atoms with E-state index < -0.39 is 6.10 Å². The van der Waals surface area contributed by atoms with Crippen LogP contribution in [-0.2, 0) is 12.8 Å². The smallest absolute Gasteiger partial charge is 0.251 e. The summed E-state index contributed by atoms with van der Waals surface area (Å²) in [5.74, 6) is 0.765. The first-order valence-corrected chi connectivity index (χ1v) is 11.5. The third-order valence-corrected chi connectivity index (χ3v) is 5.75. The summed E-state index contributed by atoms with van der Waals surface area (Å²) in [5, 5.41) is 26.7. The number of nitrogens with zero attached hydrogens (tertiary/aromatic N) is 1. The Balaban J connectivity index is 1.51. The lowest BCUT2D eigenvalue weighted by Gasteiger charge is -2.28. The van der Waals surface area contributed by atoms with Crippen LogP contribution in [0.15, 0.2) is 60.8 Å². The molecule has 0 spiro atoms. The van der Waals surface area contributed by atoms with Crippen molar-refractivity contribution in [3.05, 3.63) is 83.0 Å². The molecule has 0 saturated carbocycles. The van der Waals surface area contributed by atoms with Crippen molar-refractivity contribution in [3.63, 3.8) is 0 Å². The number of rotatable bonds is 11. The molecule has 1 amide bonds. The number of β-amino-alcohol motifs (C(OH)–C–C–N with tert-alkyl or cyclic N) is 1. The lowest BCUT2D eigenvalue weighted by atomic mass is 9.93. The van der Waals surface area contributed by atoms with Crippen LogP contribution in [0.3, 0.4) is 0 Å². The molecule has 0 aliphatic rings. The lowest BCUT2D eigenvalue weighted by molar-refractivity contribution is 0.0954. The molecule has 1 aromatic heterocycles. The van der Waals surface area contributed by atoms with Gasteiger partial charge in [0.05, 0.1) is 13.2 Å². The molecule has 8 heteroatoms. The minimum atomic E-state index is -0.702. The zero-order valence-corrected chi connectivity index (χ0v) is 20.4. The average molecular weight is 479 g/mol. The molecule has 35 heavy (non-hydrogen) atoms. The summed E-state index contributed by atoms with van der Waals surface area (Å²) in [5.41, 5.74) is 8.50. The first kappa shape index (κ1) is 26.0. The summed E-state index contributed by atoms with van der Waals surface area (Å²) >= 11 is 0. The van der Waals surface area contributed by atoms with Gasteiger partial charge < -0.3 is 31.3 Å². The Morgan fingerprint density at radius 2 is 1.94 bits per heavy atom. The van der Waals surface area contributed by atoms with E-state index >= 15 is 0 Å². The van der Waals surface area contributed by atoms with E-state index in [1.54, 1.807) is 36.5 Å². The number of nitrogens with two attached hydrogens (primary N) is 1. The number of anilines is 1. The summed E-state index contributed by atoms with van der Waals surface area (Å²) in [4.78, 5) is 16.7. The fourth-order valence-corrected chi connectivity index (χ4v) is 3.81. The number of aliphatic hydroxyl groups is 1. The number of nitrogen functional groups attached to an aromatic ring is 1. The van der Waals surface area contributed by atoms with Crippen molar-refractivity contribution in [1.29, 1.82) is 0 Å². The monoisotopic (exact) mass is 478 g/mol. The van der Waals surface area contributed by atoms with Gasteiger partial charge in [-0.3, -0.25) is 4.79 Å². The van der Waals surface area contributed by atoms with Crippen LogP contribution >= 0.6 is 0 Å². The fourth-order valence-electron chi connectivity index (χ4n) is 3.81. The van der Waals surface area contributed by atoms with Gasteiger partial charge in [0, 0.05) is 36.0 Å². The lowest BCUT2D eigenvalue weighted by Crippen LogP contribution is -2.43. The summed E-state index contributed by atoms with van der Waals surface area (Å²) in [6.45, 7) is 4.91. The molecule has 186 valence electrons. The molecule has 1 heterocycles. The van der Waals surface area contributed by atoms with Gasteiger partial charge >= 0.3 is 0 Å². The number of phenols is 1. The Morgan fingerprint density at radius 1 is 1.14 bits per heavy atom. The van der Waals surface area contributed by atoms with Gasteiger partial charge in [0.1, 0.15) is 5.82 Å². The Bertz CT molecular complexity index is 1130. The number of ether oxygens (including phenoxy) is 1. The number of methoxy groups -OCH3 is 1. The first-order valence-electron chi connectivity index (χ1n) is 11.5. The molecule has 0 aliphatic carbocycles. The van der Waals surface area contributed by atoms with E-state index in [1.165, 1.54) is 7.11 Å². The Labute approximate surface area is 206 Å². The number of nitrogens with one attached hydrogen (secondary N) is 2. The predicted molar refractivity (Wildman–Crippen MR) is 137 cm³/mol. The fraction of sp³-hybridized carbons (Fsp3) is 0.333. The van der Waals surface area contributed by atoms with Crippen LogP contribution in [0.25, 0.3) is 0 Å². The van der Waals surface area contributed by atoms with Gasteiger partial charge in [0.15, 0.2) is 11.5 Å². The van der Waals surface area contributed by atoms with E-state index in [9.17, 15) is 15.0 Å². The highest BCUT2D eigenvalue weighted by molar-refractivity contribution is 5.94. The second kappa shape index (κ2) is 11.7. The number of aliphatic hydroxyl groups excluding tert-OH is 1. The zero-order valence-electron chi connectivity index (χ0n) is 20.4. The number of pyridine rings is 1. The van der Waals surface area contributed by atoms with Gasteiger partial charge in [-0.25, -0.2) is 4.98 Å². The molecule has 0 aliphatic heterocycles. The summed E-state index contributed by atoms with van der Waals surface area (Å²) in [7, 11) is 1.50. The second-order valence-corrected chi connectivity index (χ2v) is 9.19. The molecule has 0 fully saturated rings. The number of hydrogen-bond donors (Lipinski definition) is 5. The SMILES string of the molecule is COc1ccc(CCNC(=O)c2cccc(CC(C)(C)NC[C@H](O)c3ccc(N)nc3)c2)cc1O. The summed E-state index contributed by atoms with van der Waals surface area (Å²) in [6, 6.07) is 16.2. The molecule has 8 nitrogen and oxygen atoms in total. The van der Waals surface area contributed by atoms with Crippen molar-refractivity contribution in [2.45, 2.75) is 38.3 Å². The molecule has 0 radical (unpaired) electrons. The predicted octanol–water partition coefficient (Wildman–Crippen LogP) is 2.99. The van der Waals surface area contributed by atoms with Crippen LogP contribution in [0, 0.1) is 0 Å². The second-order valence-electron chi connectivity index (χ2n) is 9.19. The number of aromatic hydroxyl groups is 1. The number of carbonyl (C=O) groups is 1. The first-order chi connectivity index (χ1) is 16.7.